The molecule has 1 rings (SSSR count). The van der Waals surface area contributed by atoms with Crippen molar-refractivity contribution in [2.75, 3.05) is 13.1 Å². The van der Waals surface area contributed by atoms with E-state index >= 15 is 0 Å². The average molecular weight is 348 g/mol. The fourth-order valence-corrected chi connectivity index (χ4v) is 3.26. The maximum atomic E-state index is 12.4. The Labute approximate surface area is 155 Å². The summed E-state index contributed by atoms with van der Waals surface area (Å²) in [6.45, 7) is 8.87. The molecule has 0 atom stereocenters. The van der Waals surface area contributed by atoms with Crippen molar-refractivity contribution in [3.8, 4) is 0 Å². The van der Waals surface area contributed by atoms with Gasteiger partial charge in [0, 0.05) is 25.6 Å². The van der Waals surface area contributed by atoms with Crippen LogP contribution in [0.1, 0.15) is 95.3 Å². The van der Waals surface area contributed by atoms with Crippen LogP contribution in [-0.4, -0.2) is 23.9 Å². The zero-order valence-corrected chi connectivity index (χ0v) is 16.8. The molecule has 0 spiro atoms. The lowest BCUT2D eigenvalue weighted by Crippen LogP contribution is -2.36. The fraction of sp³-hybridized carbons (Fsp3) is 0.727. The lowest BCUT2D eigenvalue weighted by Gasteiger charge is -2.17. The Kier molecular flexibility index (Phi) is 12.0. The Bertz CT molecular complexity index is 469. The van der Waals surface area contributed by atoms with Crippen LogP contribution in [0.25, 0.3) is 0 Å². The molecule has 0 radical (unpaired) electrons. The highest BCUT2D eigenvalue weighted by molar-refractivity contribution is 5.93. The number of amides is 1. The zero-order chi connectivity index (χ0) is 18.3. The Morgan fingerprint density at radius 3 is 2.00 bits per heavy atom. The summed E-state index contributed by atoms with van der Waals surface area (Å²) in [6.07, 6.45) is 17.6. The second-order valence-corrected chi connectivity index (χ2v) is 6.99. The first-order valence-corrected chi connectivity index (χ1v) is 10.5. The summed E-state index contributed by atoms with van der Waals surface area (Å²) < 4.78 is 2.17. The first-order valence-electron chi connectivity index (χ1n) is 10.5. The molecule has 0 unspecified atom stereocenters. The third-order valence-electron chi connectivity index (χ3n) is 4.93. The van der Waals surface area contributed by atoms with Gasteiger partial charge in [-0.2, -0.15) is 0 Å². The van der Waals surface area contributed by atoms with Crippen LogP contribution in [0.15, 0.2) is 24.5 Å². The summed E-state index contributed by atoms with van der Waals surface area (Å²) in [7, 11) is 0. The van der Waals surface area contributed by atoms with E-state index in [-0.39, 0.29) is 5.91 Å². The summed E-state index contributed by atoms with van der Waals surface area (Å²) >= 11 is 0. The van der Waals surface area contributed by atoms with Gasteiger partial charge in [-0.3, -0.25) is 4.79 Å². The number of hydrogen-bond acceptors (Lipinski definition) is 1. The predicted molar refractivity (Wildman–Crippen MR) is 106 cm³/mol. The minimum absolute atomic E-state index is 0.141. The number of unbranched alkanes of at least 4 members (excludes halogenated alkanes) is 9. The molecular weight excluding hydrogens is 308 g/mol. The third kappa shape index (κ3) is 9.04. The number of aryl methyl sites for hydroxylation is 1. The molecule has 0 bridgehead atoms. The average Bonchev–Trinajstić information content (AvgIpc) is 2.64. The summed E-state index contributed by atoms with van der Waals surface area (Å²) in [6, 6.07) is 3.92. The van der Waals surface area contributed by atoms with Crippen LogP contribution in [0.5, 0.6) is 0 Å². The predicted octanol–water partition coefficient (Wildman–Crippen LogP) is 5.38. The quantitative estimate of drug-likeness (QED) is 0.327. The molecule has 0 aliphatic heterocycles. The van der Waals surface area contributed by atoms with Gasteiger partial charge in [0.05, 0.1) is 0 Å². The first-order chi connectivity index (χ1) is 12.2. The summed E-state index contributed by atoms with van der Waals surface area (Å²) in [5, 5.41) is 0. The summed E-state index contributed by atoms with van der Waals surface area (Å²) in [5.41, 5.74) is 0.804. The van der Waals surface area contributed by atoms with Crippen molar-refractivity contribution >= 4 is 5.91 Å². The molecule has 0 saturated carbocycles. The summed E-state index contributed by atoms with van der Waals surface area (Å²) in [5.74, 6) is 0.141. The minimum atomic E-state index is 0.141. The number of rotatable bonds is 14. The van der Waals surface area contributed by atoms with Gasteiger partial charge in [0.15, 0.2) is 12.4 Å². The standard InChI is InChI=1S/C22H39N2O/c1-4-7-8-9-10-11-12-13-14-15-18-23-19-16-17-21(20-23)22(25)24(5-2)6-3/h16-17,19-20H,4-15,18H2,1-3H3/q+1. The number of aromatic nitrogens is 1. The van der Waals surface area contributed by atoms with Crippen LogP contribution in [-0.2, 0) is 6.54 Å². The minimum Gasteiger partial charge on any atom is -0.339 e. The number of hydrogen-bond donors (Lipinski definition) is 0. The molecular formula is C22H39N2O+. The van der Waals surface area contributed by atoms with Gasteiger partial charge in [0.2, 0.25) is 0 Å². The molecule has 0 N–H and O–H groups in total. The molecule has 1 aromatic rings. The van der Waals surface area contributed by atoms with Gasteiger partial charge in [-0.05, 0) is 26.3 Å². The maximum Gasteiger partial charge on any atom is 0.259 e. The van der Waals surface area contributed by atoms with Crippen LogP contribution >= 0.6 is 0 Å². The molecule has 3 heteroatoms. The highest BCUT2D eigenvalue weighted by atomic mass is 16.2. The Morgan fingerprint density at radius 2 is 1.44 bits per heavy atom. The molecule has 3 nitrogen and oxygen atoms in total. The number of carbonyl (C=O) groups is 1. The van der Waals surface area contributed by atoms with Crippen molar-refractivity contribution in [2.24, 2.45) is 0 Å². The molecule has 0 aliphatic rings. The van der Waals surface area contributed by atoms with E-state index in [1.807, 2.05) is 37.1 Å². The second kappa shape index (κ2) is 13.9. The lowest BCUT2D eigenvalue weighted by molar-refractivity contribution is -0.697. The molecule has 0 saturated heterocycles. The molecule has 1 amide bonds. The monoisotopic (exact) mass is 347 g/mol. The normalized spacial score (nSPS) is 10.8. The highest BCUT2D eigenvalue weighted by Crippen LogP contribution is 2.10. The SMILES string of the molecule is CCCCCCCCCCCC[n+]1cccc(C(=O)N(CC)CC)c1. The van der Waals surface area contributed by atoms with E-state index in [4.69, 9.17) is 0 Å². The van der Waals surface area contributed by atoms with E-state index in [0.717, 1.165) is 25.2 Å². The maximum absolute atomic E-state index is 12.4. The van der Waals surface area contributed by atoms with Gasteiger partial charge in [0.25, 0.3) is 5.91 Å². The van der Waals surface area contributed by atoms with Crippen molar-refractivity contribution in [1.29, 1.82) is 0 Å². The second-order valence-electron chi connectivity index (χ2n) is 6.99. The number of nitrogens with zero attached hydrogens (tertiary/aromatic N) is 2. The largest absolute Gasteiger partial charge is 0.339 e. The van der Waals surface area contributed by atoms with E-state index in [9.17, 15) is 4.79 Å². The Morgan fingerprint density at radius 1 is 0.880 bits per heavy atom. The van der Waals surface area contributed by atoms with Crippen molar-refractivity contribution < 1.29 is 9.36 Å². The molecule has 1 heterocycles. The van der Waals surface area contributed by atoms with Crippen molar-refractivity contribution in [3.63, 3.8) is 0 Å². The van der Waals surface area contributed by atoms with Gasteiger partial charge in [0.1, 0.15) is 12.1 Å². The van der Waals surface area contributed by atoms with Gasteiger partial charge in [-0.15, -0.1) is 0 Å². The molecule has 142 valence electrons. The first kappa shape index (κ1) is 21.7. The highest BCUT2D eigenvalue weighted by Gasteiger charge is 2.15. The van der Waals surface area contributed by atoms with Gasteiger partial charge in [-0.1, -0.05) is 58.3 Å². The van der Waals surface area contributed by atoms with Crippen molar-refractivity contribution in [3.05, 3.63) is 30.1 Å². The van der Waals surface area contributed by atoms with Crippen LogP contribution in [0.4, 0.5) is 0 Å². The molecule has 1 aromatic heterocycles. The molecule has 0 aromatic carbocycles. The Balaban J connectivity index is 2.21. The zero-order valence-electron chi connectivity index (χ0n) is 16.8. The van der Waals surface area contributed by atoms with Crippen LogP contribution in [0, 0.1) is 0 Å². The van der Waals surface area contributed by atoms with Crippen LogP contribution in [0.3, 0.4) is 0 Å². The number of pyridine rings is 1. The fourth-order valence-electron chi connectivity index (χ4n) is 3.26. The topological polar surface area (TPSA) is 24.2 Å². The van der Waals surface area contributed by atoms with E-state index < -0.39 is 0 Å². The van der Waals surface area contributed by atoms with E-state index in [1.165, 1.54) is 64.2 Å². The third-order valence-corrected chi connectivity index (χ3v) is 4.93. The van der Waals surface area contributed by atoms with Gasteiger partial charge >= 0.3 is 0 Å². The van der Waals surface area contributed by atoms with Crippen LogP contribution < -0.4 is 4.57 Å². The number of carbonyl (C=O) groups excluding carboxylic acids is 1. The van der Waals surface area contributed by atoms with E-state index in [1.54, 1.807) is 0 Å². The lowest BCUT2D eigenvalue weighted by atomic mass is 10.1. The molecule has 0 fully saturated rings. The molecule has 25 heavy (non-hydrogen) atoms. The van der Waals surface area contributed by atoms with Gasteiger partial charge < -0.3 is 4.90 Å². The van der Waals surface area contributed by atoms with E-state index in [2.05, 4.69) is 17.7 Å². The van der Waals surface area contributed by atoms with Crippen molar-refractivity contribution in [2.45, 2.75) is 91.5 Å². The smallest absolute Gasteiger partial charge is 0.259 e. The molecule has 0 aliphatic carbocycles. The van der Waals surface area contributed by atoms with E-state index in [0.29, 0.717) is 0 Å². The Hall–Kier alpha value is -1.38. The summed E-state index contributed by atoms with van der Waals surface area (Å²) in [4.78, 5) is 14.3. The van der Waals surface area contributed by atoms with Gasteiger partial charge in [-0.25, -0.2) is 4.57 Å². The van der Waals surface area contributed by atoms with Crippen molar-refractivity contribution in [1.82, 2.24) is 4.90 Å². The van der Waals surface area contributed by atoms with Crippen LogP contribution in [0.2, 0.25) is 0 Å².